The molecule has 22 heavy (non-hydrogen) atoms. The van der Waals surface area contributed by atoms with Crippen molar-refractivity contribution in [3.8, 4) is 17.2 Å². The van der Waals surface area contributed by atoms with E-state index >= 15 is 0 Å². The zero-order valence-electron chi connectivity index (χ0n) is 12.3. The number of benzene rings is 2. The smallest absolute Gasteiger partial charge is 0.144 e. The van der Waals surface area contributed by atoms with Crippen LogP contribution in [0.4, 0.5) is 10.1 Å². The highest BCUT2D eigenvalue weighted by molar-refractivity contribution is 6.04. The van der Waals surface area contributed by atoms with E-state index in [1.807, 2.05) is 38.2 Å². The Morgan fingerprint density at radius 3 is 2.64 bits per heavy atom. The van der Waals surface area contributed by atoms with Gasteiger partial charge in [-0.1, -0.05) is 18.2 Å². The van der Waals surface area contributed by atoms with Crippen LogP contribution >= 0.6 is 0 Å². The minimum Gasteiger partial charge on any atom is -0.388 e. The van der Waals surface area contributed by atoms with Crippen LogP contribution in [0.15, 0.2) is 42.5 Å². The molecule has 108 valence electrons. The van der Waals surface area contributed by atoms with Crippen molar-refractivity contribution in [3.63, 3.8) is 0 Å². The standard InChI is InChI=1S/C18H14FN3/c1-11-16(10-20)22-15-8-4-7-14(21-2)18(15)17(11)12-5-3-6-13(19)9-12/h3-9,21H,1-2H3. The zero-order chi connectivity index (χ0) is 15.7. The highest BCUT2D eigenvalue weighted by Crippen LogP contribution is 2.36. The number of fused-ring (bicyclic) bond motifs is 1. The van der Waals surface area contributed by atoms with Crippen LogP contribution < -0.4 is 5.32 Å². The fraction of sp³-hybridized carbons (Fsp3) is 0.111. The Bertz CT molecular complexity index is 910. The molecule has 0 aliphatic rings. The molecule has 0 saturated heterocycles. The number of aromatic nitrogens is 1. The van der Waals surface area contributed by atoms with Gasteiger partial charge in [-0.25, -0.2) is 9.37 Å². The van der Waals surface area contributed by atoms with Crippen molar-refractivity contribution >= 4 is 16.6 Å². The number of anilines is 1. The number of hydrogen-bond acceptors (Lipinski definition) is 3. The second kappa shape index (κ2) is 5.45. The Kier molecular flexibility index (Phi) is 3.48. The highest BCUT2D eigenvalue weighted by Gasteiger charge is 2.16. The van der Waals surface area contributed by atoms with Crippen molar-refractivity contribution in [1.82, 2.24) is 4.98 Å². The molecule has 4 heteroatoms. The second-order valence-electron chi connectivity index (χ2n) is 5.03. The van der Waals surface area contributed by atoms with Crippen LogP contribution in [-0.4, -0.2) is 12.0 Å². The summed E-state index contributed by atoms with van der Waals surface area (Å²) in [6.45, 7) is 1.84. The molecule has 3 nitrogen and oxygen atoms in total. The van der Waals surface area contributed by atoms with E-state index in [9.17, 15) is 9.65 Å². The molecular formula is C18H14FN3. The fourth-order valence-corrected chi connectivity index (χ4v) is 2.73. The normalized spacial score (nSPS) is 10.5. The third-order valence-electron chi connectivity index (χ3n) is 3.74. The second-order valence-corrected chi connectivity index (χ2v) is 5.03. The SMILES string of the molecule is CNc1cccc2nc(C#N)c(C)c(-c3cccc(F)c3)c12. The van der Waals surface area contributed by atoms with Crippen LogP contribution in [0.25, 0.3) is 22.0 Å². The average molecular weight is 291 g/mol. The molecule has 0 aliphatic heterocycles. The minimum atomic E-state index is -0.303. The summed E-state index contributed by atoms with van der Waals surface area (Å²) in [7, 11) is 1.83. The van der Waals surface area contributed by atoms with E-state index in [1.165, 1.54) is 12.1 Å². The molecule has 2 aromatic carbocycles. The number of halogens is 1. The molecule has 3 aromatic rings. The van der Waals surface area contributed by atoms with Crippen molar-refractivity contribution in [3.05, 3.63) is 59.5 Å². The molecule has 0 unspecified atom stereocenters. The number of nitrogens with zero attached hydrogens (tertiary/aromatic N) is 2. The van der Waals surface area contributed by atoms with Crippen LogP contribution in [0, 0.1) is 24.1 Å². The van der Waals surface area contributed by atoms with Crippen molar-refractivity contribution in [2.75, 3.05) is 12.4 Å². The van der Waals surface area contributed by atoms with Gasteiger partial charge in [0.1, 0.15) is 17.6 Å². The Morgan fingerprint density at radius 2 is 1.95 bits per heavy atom. The number of pyridine rings is 1. The van der Waals surface area contributed by atoms with E-state index in [4.69, 9.17) is 0 Å². The van der Waals surface area contributed by atoms with Gasteiger partial charge >= 0.3 is 0 Å². The summed E-state index contributed by atoms with van der Waals surface area (Å²) in [5.41, 5.74) is 4.31. The van der Waals surface area contributed by atoms with Gasteiger partial charge in [0.15, 0.2) is 0 Å². The van der Waals surface area contributed by atoms with Crippen LogP contribution in [0.5, 0.6) is 0 Å². The lowest BCUT2D eigenvalue weighted by Crippen LogP contribution is -1.99. The van der Waals surface area contributed by atoms with Crippen molar-refractivity contribution in [2.45, 2.75) is 6.92 Å². The van der Waals surface area contributed by atoms with Gasteiger partial charge in [0.2, 0.25) is 0 Å². The number of nitrogens with one attached hydrogen (secondary N) is 1. The lowest BCUT2D eigenvalue weighted by molar-refractivity contribution is 0.628. The minimum absolute atomic E-state index is 0.303. The van der Waals surface area contributed by atoms with Gasteiger partial charge in [-0.3, -0.25) is 0 Å². The maximum Gasteiger partial charge on any atom is 0.144 e. The van der Waals surface area contributed by atoms with E-state index in [0.29, 0.717) is 11.2 Å². The Balaban J connectivity index is 2.50. The quantitative estimate of drug-likeness (QED) is 0.767. The third kappa shape index (κ3) is 2.17. The van der Waals surface area contributed by atoms with Crippen molar-refractivity contribution < 1.29 is 4.39 Å². The lowest BCUT2D eigenvalue weighted by atomic mass is 9.94. The predicted molar refractivity (Wildman–Crippen MR) is 86.1 cm³/mol. The van der Waals surface area contributed by atoms with Gasteiger partial charge in [-0.2, -0.15) is 5.26 Å². The first kappa shape index (κ1) is 14.0. The van der Waals surface area contributed by atoms with Gasteiger partial charge < -0.3 is 5.32 Å². The number of rotatable bonds is 2. The van der Waals surface area contributed by atoms with Gasteiger partial charge in [0, 0.05) is 18.1 Å². The highest BCUT2D eigenvalue weighted by atomic mass is 19.1. The summed E-state index contributed by atoms with van der Waals surface area (Å²) in [6.07, 6.45) is 0. The molecule has 0 saturated carbocycles. The molecule has 1 N–H and O–H groups in total. The van der Waals surface area contributed by atoms with Crippen molar-refractivity contribution in [1.29, 1.82) is 5.26 Å². The topological polar surface area (TPSA) is 48.7 Å². The number of hydrogen-bond donors (Lipinski definition) is 1. The Morgan fingerprint density at radius 1 is 1.18 bits per heavy atom. The van der Waals surface area contributed by atoms with Gasteiger partial charge in [-0.05, 0) is 47.9 Å². The van der Waals surface area contributed by atoms with E-state index < -0.39 is 0 Å². The van der Waals surface area contributed by atoms with Gasteiger partial charge in [0.05, 0.1) is 5.52 Å². The maximum atomic E-state index is 13.7. The Hall–Kier alpha value is -2.93. The molecule has 1 aromatic heterocycles. The molecular weight excluding hydrogens is 277 g/mol. The lowest BCUT2D eigenvalue weighted by Gasteiger charge is -2.15. The molecule has 0 bridgehead atoms. The van der Waals surface area contributed by atoms with Crippen LogP contribution in [0.3, 0.4) is 0 Å². The van der Waals surface area contributed by atoms with Gasteiger partial charge in [-0.15, -0.1) is 0 Å². The monoisotopic (exact) mass is 291 g/mol. The first-order valence-corrected chi connectivity index (χ1v) is 6.93. The average Bonchev–Trinajstić information content (AvgIpc) is 2.53. The molecule has 1 heterocycles. The van der Waals surface area contributed by atoms with Crippen LogP contribution in [0.1, 0.15) is 11.3 Å². The number of nitriles is 1. The summed E-state index contributed by atoms with van der Waals surface area (Å²) in [5, 5.41) is 13.4. The molecule has 0 aliphatic carbocycles. The summed E-state index contributed by atoms with van der Waals surface area (Å²) < 4.78 is 13.7. The molecule has 0 radical (unpaired) electrons. The maximum absolute atomic E-state index is 13.7. The van der Waals surface area contributed by atoms with Crippen LogP contribution in [-0.2, 0) is 0 Å². The summed E-state index contributed by atoms with van der Waals surface area (Å²) in [4.78, 5) is 4.42. The molecule has 0 spiro atoms. The predicted octanol–water partition coefficient (Wildman–Crippen LogP) is 4.26. The largest absolute Gasteiger partial charge is 0.388 e. The van der Waals surface area contributed by atoms with Crippen molar-refractivity contribution in [2.24, 2.45) is 0 Å². The molecule has 0 amide bonds. The first-order valence-electron chi connectivity index (χ1n) is 6.93. The van der Waals surface area contributed by atoms with Crippen LogP contribution in [0.2, 0.25) is 0 Å². The molecule has 0 atom stereocenters. The fourth-order valence-electron chi connectivity index (χ4n) is 2.73. The first-order chi connectivity index (χ1) is 10.7. The zero-order valence-corrected chi connectivity index (χ0v) is 12.3. The summed E-state index contributed by atoms with van der Waals surface area (Å²) in [5.74, 6) is -0.303. The summed E-state index contributed by atoms with van der Waals surface area (Å²) >= 11 is 0. The van der Waals surface area contributed by atoms with Gasteiger partial charge in [0.25, 0.3) is 0 Å². The van der Waals surface area contributed by atoms with E-state index in [1.54, 1.807) is 6.07 Å². The summed E-state index contributed by atoms with van der Waals surface area (Å²) in [6, 6.07) is 14.2. The Labute approximate surface area is 128 Å². The van der Waals surface area contributed by atoms with E-state index in [2.05, 4.69) is 16.4 Å². The third-order valence-corrected chi connectivity index (χ3v) is 3.74. The van der Waals surface area contributed by atoms with E-state index in [-0.39, 0.29) is 5.82 Å². The molecule has 3 rings (SSSR count). The van der Waals surface area contributed by atoms with E-state index in [0.717, 1.165) is 27.8 Å². The molecule has 0 fully saturated rings.